The minimum Gasteiger partial charge on any atom is -0.466 e. The summed E-state index contributed by atoms with van der Waals surface area (Å²) in [6.07, 6.45) is 7.77. The number of halogens is 1. The number of esters is 4. The summed E-state index contributed by atoms with van der Waals surface area (Å²) in [5.41, 5.74) is 9.96. The molecule has 0 saturated heterocycles. The van der Waals surface area contributed by atoms with Gasteiger partial charge in [0.05, 0.1) is 115 Å². The zero-order valence-corrected chi connectivity index (χ0v) is 74.4. The van der Waals surface area contributed by atoms with E-state index in [0.29, 0.717) is 99.5 Å². The quantitative estimate of drug-likeness (QED) is 0.0126. The average molecular weight is 1860 g/mol. The van der Waals surface area contributed by atoms with E-state index in [1.807, 2.05) is 27.7 Å². The first-order chi connectivity index (χ1) is 56.5. The Balaban J connectivity index is 0.000000254. The molecule has 0 aromatic carbocycles. The molecule has 12 heterocycles. The number of hydrogen-bond acceptors (Lipinski definition) is 42. The van der Waals surface area contributed by atoms with Crippen LogP contribution in [0.4, 0.5) is 34.1 Å². The number of methoxy groups -OCH3 is 2. The molecule has 0 fully saturated rings. The summed E-state index contributed by atoms with van der Waals surface area (Å²) in [6, 6.07) is 0. The predicted molar refractivity (Wildman–Crippen MR) is 461 cm³/mol. The van der Waals surface area contributed by atoms with Crippen LogP contribution in [0.5, 0.6) is 0 Å². The first-order valence-electron chi connectivity index (χ1n) is 35.8. The molecule has 4 N–H and O–H groups in total. The number of ether oxygens (including phenoxy) is 7. The van der Waals surface area contributed by atoms with E-state index in [0.717, 1.165) is 58.4 Å². The molecule has 0 spiro atoms. The van der Waals surface area contributed by atoms with Crippen molar-refractivity contribution in [2.24, 2.45) is 0 Å². The molecule has 0 aliphatic heterocycles. The predicted octanol–water partition coefficient (Wildman–Crippen LogP) is 14.6. The largest absolute Gasteiger partial charge is 0.466 e. The van der Waals surface area contributed by atoms with Gasteiger partial charge in [-0.05, 0) is 120 Å². The fourth-order valence-corrected chi connectivity index (χ4v) is 15.9. The van der Waals surface area contributed by atoms with E-state index in [1.165, 1.54) is 81.5 Å². The lowest BCUT2D eigenvalue weighted by atomic mass is 9.97. The summed E-state index contributed by atoms with van der Waals surface area (Å²) in [6.45, 7) is 27.7. The van der Waals surface area contributed by atoms with Gasteiger partial charge in [0.15, 0.2) is 12.2 Å². The van der Waals surface area contributed by atoms with Gasteiger partial charge >= 0.3 is 29.6 Å². The number of thiazole rings is 6. The number of fused-ring (bicyclic) bond motifs is 6. The molecule has 652 valence electrons. The summed E-state index contributed by atoms with van der Waals surface area (Å²) >= 11 is 11.5. The van der Waals surface area contributed by atoms with Gasteiger partial charge in [0.1, 0.15) is 115 Å². The van der Waals surface area contributed by atoms with E-state index in [9.17, 15) is 74.9 Å². The lowest BCUT2D eigenvalue weighted by Crippen LogP contribution is -2.33. The molecule has 0 aliphatic rings. The number of carbonyl (C=O) groups excluding carboxylic acids is 4. The minimum absolute atomic E-state index is 0. The van der Waals surface area contributed by atoms with Gasteiger partial charge < -0.3 is 49.1 Å². The van der Waals surface area contributed by atoms with Gasteiger partial charge in [-0.1, -0.05) is 75.4 Å². The summed E-state index contributed by atoms with van der Waals surface area (Å²) in [5, 5.41) is 78.4. The van der Waals surface area contributed by atoms with Crippen molar-refractivity contribution in [3.63, 3.8) is 0 Å². The monoisotopic (exact) mass is 1860 g/mol. The van der Waals surface area contributed by atoms with E-state index in [-0.39, 0.29) is 80.3 Å². The molecule has 0 saturated carbocycles. The topological polar surface area (TPSA) is 570 Å². The van der Waals surface area contributed by atoms with Crippen LogP contribution in [0.25, 0.3) is 62.1 Å². The van der Waals surface area contributed by atoms with Gasteiger partial charge in [0.2, 0.25) is 0 Å². The summed E-state index contributed by atoms with van der Waals surface area (Å²) in [5.74, 6) is -4.58. The van der Waals surface area contributed by atoms with Crippen molar-refractivity contribution in [1.82, 2.24) is 59.8 Å². The van der Waals surface area contributed by atoms with E-state index in [2.05, 4.69) is 80.5 Å². The van der Waals surface area contributed by atoms with Crippen LogP contribution in [0, 0.1) is 92.1 Å². The van der Waals surface area contributed by atoms with E-state index < -0.39 is 77.6 Å². The smallest absolute Gasteiger partial charge is 0.325 e. The molecule has 0 amide bonds. The number of nitrogens with two attached hydrogens (primary N) is 1. The number of aromatic nitrogens is 12. The lowest BCUT2D eigenvalue weighted by molar-refractivity contribution is -0.386. The maximum atomic E-state index is 12.7. The van der Waals surface area contributed by atoms with Gasteiger partial charge in [0.25, 0.3) is 22.7 Å². The van der Waals surface area contributed by atoms with Crippen molar-refractivity contribution in [3.05, 3.63) is 150 Å². The van der Waals surface area contributed by atoms with Crippen molar-refractivity contribution in [3.8, 4) is 0 Å². The van der Waals surface area contributed by atoms with Crippen LogP contribution in [0.1, 0.15) is 140 Å². The van der Waals surface area contributed by atoms with Gasteiger partial charge in [-0.2, -0.15) is 0 Å². The molecule has 0 bridgehead atoms. The van der Waals surface area contributed by atoms with Crippen LogP contribution in [0.2, 0.25) is 0 Å². The van der Waals surface area contributed by atoms with Crippen molar-refractivity contribution >= 4 is 204 Å². The average Bonchev–Trinajstić information content (AvgIpc) is 1.71. The Bertz CT molecular complexity index is 5690. The Hall–Kier alpha value is -10.8. The number of pyridine rings is 6. The van der Waals surface area contributed by atoms with E-state index in [1.54, 1.807) is 108 Å². The number of nitrogens with zero attached hydrogens (tertiary/aromatic N) is 17. The number of aliphatic hydroxyl groups is 2. The van der Waals surface area contributed by atoms with Crippen LogP contribution in [-0.2, 0) is 78.0 Å². The number of rotatable bonds is 24. The minimum atomic E-state index is -1.62. The summed E-state index contributed by atoms with van der Waals surface area (Å²) in [7, 11) is 3.25. The van der Waals surface area contributed by atoms with E-state index in [4.69, 9.17) is 39.3 Å². The highest BCUT2D eigenvalue weighted by Crippen LogP contribution is 2.39. The highest BCUT2D eigenvalue weighted by Gasteiger charge is 2.42. The first kappa shape index (κ1) is 101. The molecule has 2 atom stereocenters. The van der Waals surface area contributed by atoms with Gasteiger partial charge in [-0.3, -0.25) is 69.7 Å². The number of nitro groups is 5. The fourth-order valence-electron chi connectivity index (χ4n) is 10.6. The maximum Gasteiger partial charge on any atom is 0.325 e. The van der Waals surface area contributed by atoms with Gasteiger partial charge in [-0.25, -0.2) is 59.8 Å². The lowest BCUT2D eigenvalue weighted by Gasteiger charge is -2.23. The Kier molecular flexibility index (Phi) is 38.5. The normalized spacial score (nSPS) is 11.5. The van der Waals surface area contributed by atoms with Gasteiger partial charge in [-0.15, -0.1) is 0 Å². The molecule has 48 heteroatoms. The molecule has 12 rings (SSSR count). The number of aryl methyl sites for hydroxylation is 6. The second-order valence-electron chi connectivity index (χ2n) is 26.5. The molecule has 12 aromatic heterocycles. The SMILES string of the molecule is C.CCOC(=O)C(C(=O)OC(C)(C)C)c1c([N+](=O)[O-])cnc2sc(C)nc12.CCOC(=O)CC(=O)OC(C)(C)C.CCOC(O)Cc1c([N+](=O)[O-])cnc2sc(C)nc12.COCCc1c(N)cnc2sc(C)nc12.COCCc1c([N+](=O)[O-])cnc2sc(C)nc12.Cc1nc2c(Br)c([N+](=O)[O-])cnc2s1.Cc1nc2c(CCO)c([N+](=O)[O-])cnc2s1. The molecule has 0 radical (unpaired) electrons. The van der Waals surface area contributed by atoms with Gasteiger partial charge in [0, 0.05) is 58.7 Å². The Morgan fingerprint density at radius 1 is 0.463 bits per heavy atom. The standard InChI is InChI=1S/C16H19N3O6S.C11H13N3O4S.C10H11N3O3S.C10H13N3OS.C9H9N3O3S.C9H16O4.C7H4BrN3O2S.CH4/c1-6-24-14(20)11(15(21)25-16(3,4)5)10-9(19(22)23)7-17-13-12(10)18-8(2)26-13;1-3-18-9(15)4-7-8(14(16)17)5-12-11-10(7)13-6(2)19-11;1-6-12-9-7(3-4-16-2)8(13(14)15)5-11-10(9)17-6;1-6-13-9-7(3-4-14-2)8(11)5-12-10(9)15-6;1-5-11-8-6(2-3-13)7(12(14)15)4-10-9(8)16-5;1-5-12-7(10)6-8(11)13-9(2,3)4;1-3-10-6-5(8)4(11(12)13)2-9-7(6)14-3;/h7,11H,6H2,1-5H3;5,9,15H,3-4H2,1-2H3;5H,3-4H2,1-2H3;5H,3-4,11H2,1-2H3;4,13H,2-3H2,1H3;5-6H2,1-4H3;2H,1H3;1H4. The van der Waals surface area contributed by atoms with Crippen molar-refractivity contribution in [2.45, 2.75) is 167 Å². The Morgan fingerprint density at radius 2 is 0.802 bits per heavy atom. The second-order valence-corrected chi connectivity index (χ2v) is 34.4. The zero-order valence-electron chi connectivity index (χ0n) is 67.9. The molecule has 0 aliphatic carbocycles. The molecule has 2 unspecified atom stereocenters. The Labute approximate surface area is 722 Å². The van der Waals surface area contributed by atoms with Crippen LogP contribution < -0.4 is 5.73 Å². The number of hydrogen-bond donors (Lipinski definition) is 3. The number of carbonyl (C=O) groups is 4. The van der Waals surface area contributed by atoms with Crippen molar-refractivity contribution in [1.29, 1.82) is 0 Å². The molecule has 41 nitrogen and oxygen atoms in total. The zero-order chi connectivity index (χ0) is 89.4. The molecular formula is C73H89BrN18O23S6. The third-order valence-corrected chi connectivity index (χ3v) is 21.2. The summed E-state index contributed by atoms with van der Waals surface area (Å²) in [4.78, 5) is 153. The van der Waals surface area contributed by atoms with E-state index >= 15 is 0 Å². The van der Waals surface area contributed by atoms with Crippen LogP contribution in [-0.4, -0.2) is 190 Å². The Morgan fingerprint density at radius 3 is 1.19 bits per heavy atom. The number of anilines is 1. The molecule has 121 heavy (non-hydrogen) atoms. The molecular weight excluding hydrogens is 1770 g/mol. The third kappa shape index (κ3) is 28.7. The highest BCUT2D eigenvalue weighted by molar-refractivity contribution is 9.10. The fraction of sp³-hybridized carbons (Fsp3) is 0.452. The maximum absolute atomic E-state index is 12.7. The number of nitrogen functional groups attached to an aromatic ring is 1. The highest BCUT2D eigenvalue weighted by atomic mass is 79.9. The number of aliphatic hydroxyl groups excluding tert-OH is 2. The third-order valence-electron chi connectivity index (χ3n) is 15.2. The first-order valence-corrected chi connectivity index (χ1v) is 41.5. The second kappa shape index (κ2) is 46.3. The van der Waals surface area contributed by atoms with Crippen LogP contribution >= 0.6 is 84.0 Å². The van der Waals surface area contributed by atoms with Crippen molar-refractivity contribution < 1.29 is 87.2 Å². The van der Waals surface area contributed by atoms with Crippen molar-refractivity contribution in [2.75, 3.05) is 59.6 Å². The summed E-state index contributed by atoms with van der Waals surface area (Å²) < 4.78 is 35.2. The van der Waals surface area contributed by atoms with Crippen LogP contribution in [0.3, 0.4) is 0 Å². The molecule has 12 aromatic rings. The van der Waals surface area contributed by atoms with Crippen LogP contribution in [0.15, 0.2) is 41.7 Å².